The minimum atomic E-state index is 1.18. The molecular formula is C18H22S2. The first-order chi connectivity index (χ1) is 9.95. The number of hydrogen-bond acceptors (Lipinski definition) is 2. The second-order valence-electron chi connectivity index (χ2n) is 4.67. The molecule has 2 rings (SSSR count). The Morgan fingerprint density at radius 3 is 2.70 bits per heavy atom. The van der Waals surface area contributed by atoms with Crippen LogP contribution in [0.2, 0.25) is 0 Å². The molecule has 1 aromatic rings. The van der Waals surface area contributed by atoms with E-state index in [2.05, 4.69) is 72.5 Å². The molecule has 0 aromatic heterocycles. The smallest absolute Gasteiger partial charge is 0.00722 e. The van der Waals surface area contributed by atoms with Gasteiger partial charge in [0.1, 0.15) is 0 Å². The predicted molar refractivity (Wildman–Crippen MR) is 94.7 cm³/mol. The van der Waals surface area contributed by atoms with Crippen molar-refractivity contribution in [2.45, 2.75) is 24.2 Å². The number of allylic oxidation sites excluding steroid dienone is 6. The van der Waals surface area contributed by atoms with Crippen LogP contribution in [-0.4, -0.2) is 17.3 Å². The highest BCUT2D eigenvalue weighted by Crippen LogP contribution is 2.19. The number of hydrogen-bond donors (Lipinski definition) is 0. The molecule has 1 aromatic carbocycles. The lowest BCUT2D eigenvalue weighted by Gasteiger charge is -2.05. The van der Waals surface area contributed by atoms with Crippen molar-refractivity contribution in [1.82, 2.24) is 0 Å². The Hall–Kier alpha value is -0.860. The van der Waals surface area contributed by atoms with Gasteiger partial charge in [0.15, 0.2) is 0 Å². The summed E-state index contributed by atoms with van der Waals surface area (Å²) in [4.78, 5) is 1.38. The van der Waals surface area contributed by atoms with E-state index in [1.165, 1.54) is 47.0 Å². The normalized spacial score (nSPS) is 20.5. The highest BCUT2D eigenvalue weighted by atomic mass is 32.2. The molecule has 0 amide bonds. The van der Waals surface area contributed by atoms with Gasteiger partial charge in [-0.15, -0.1) is 11.8 Å². The Morgan fingerprint density at radius 1 is 0.900 bits per heavy atom. The van der Waals surface area contributed by atoms with Crippen molar-refractivity contribution >= 4 is 23.5 Å². The van der Waals surface area contributed by atoms with Crippen LogP contribution in [0.25, 0.3) is 0 Å². The van der Waals surface area contributed by atoms with E-state index in [1.807, 2.05) is 11.8 Å². The molecule has 2 heteroatoms. The van der Waals surface area contributed by atoms with Gasteiger partial charge in [-0.3, -0.25) is 0 Å². The van der Waals surface area contributed by atoms with Crippen LogP contribution in [0.1, 0.15) is 19.3 Å². The molecule has 0 radical (unpaired) electrons. The van der Waals surface area contributed by atoms with Gasteiger partial charge in [-0.2, -0.15) is 11.8 Å². The average molecular weight is 303 g/mol. The molecule has 0 N–H and O–H groups in total. The van der Waals surface area contributed by atoms with Crippen molar-refractivity contribution in [3.8, 4) is 0 Å². The molecule has 0 saturated heterocycles. The Balaban J connectivity index is 1.56. The second-order valence-corrected chi connectivity index (χ2v) is 7.06. The number of rotatable bonds is 7. The van der Waals surface area contributed by atoms with Gasteiger partial charge in [0.2, 0.25) is 0 Å². The highest BCUT2D eigenvalue weighted by Gasteiger charge is 1.97. The maximum atomic E-state index is 2.39. The minimum absolute atomic E-state index is 1.18. The van der Waals surface area contributed by atoms with Crippen molar-refractivity contribution in [1.29, 1.82) is 0 Å². The molecular weight excluding hydrogens is 280 g/mol. The van der Waals surface area contributed by atoms with Crippen LogP contribution in [0.3, 0.4) is 0 Å². The molecule has 20 heavy (non-hydrogen) atoms. The molecule has 106 valence electrons. The van der Waals surface area contributed by atoms with Gasteiger partial charge in [0.05, 0.1) is 0 Å². The van der Waals surface area contributed by atoms with E-state index < -0.39 is 0 Å². The van der Waals surface area contributed by atoms with Gasteiger partial charge in [-0.1, -0.05) is 54.2 Å². The maximum absolute atomic E-state index is 2.39. The van der Waals surface area contributed by atoms with E-state index in [0.29, 0.717) is 0 Å². The lowest BCUT2D eigenvalue weighted by atomic mass is 10.1. The van der Waals surface area contributed by atoms with Crippen LogP contribution in [0.4, 0.5) is 0 Å². The standard InChI is InChI=1S/C18H22S2/c1-2-5-9-17(10-6-3-1)13-14-19-15-16-20-18-11-7-4-8-12-18/h1-2,4-5,7-12H,3,6,13-16H2/b2-1-,9-5-,17-10+. The van der Waals surface area contributed by atoms with Crippen molar-refractivity contribution in [2.75, 3.05) is 17.3 Å². The average Bonchev–Trinajstić information content (AvgIpc) is 2.45. The first kappa shape index (κ1) is 15.5. The molecule has 0 spiro atoms. The number of thioether (sulfide) groups is 2. The van der Waals surface area contributed by atoms with Crippen LogP contribution in [0.5, 0.6) is 0 Å². The van der Waals surface area contributed by atoms with Crippen molar-refractivity contribution in [3.05, 3.63) is 66.3 Å². The van der Waals surface area contributed by atoms with Gasteiger partial charge in [-0.05, 0) is 37.1 Å². The minimum Gasteiger partial charge on any atom is -0.161 e. The lowest BCUT2D eigenvalue weighted by molar-refractivity contribution is 1.01. The molecule has 1 aliphatic carbocycles. The molecule has 0 unspecified atom stereocenters. The molecule has 1 aliphatic rings. The predicted octanol–water partition coefficient (Wildman–Crippen LogP) is 5.73. The van der Waals surface area contributed by atoms with E-state index in [-0.39, 0.29) is 0 Å². The van der Waals surface area contributed by atoms with E-state index in [4.69, 9.17) is 0 Å². The van der Waals surface area contributed by atoms with Crippen LogP contribution in [0.15, 0.2) is 71.2 Å². The summed E-state index contributed by atoms with van der Waals surface area (Å²) in [6.45, 7) is 0. The fourth-order valence-corrected chi connectivity index (χ4v) is 3.97. The molecule has 0 aliphatic heterocycles. The van der Waals surface area contributed by atoms with Crippen molar-refractivity contribution in [3.63, 3.8) is 0 Å². The second kappa shape index (κ2) is 9.95. The monoisotopic (exact) mass is 302 g/mol. The number of benzene rings is 1. The summed E-state index contributed by atoms with van der Waals surface area (Å²) in [6.07, 6.45) is 14.8. The van der Waals surface area contributed by atoms with Crippen molar-refractivity contribution < 1.29 is 0 Å². The third kappa shape index (κ3) is 6.53. The van der Waals surface area contributed by atoms with Gasteiger partial charge in [0, 0.05) is 16.4 Å². The molecule has 0 saturated carbocycles. The van der Waals surface area contributed by atoms with E-state index in [9.17, 15) is 0 Å². The first-order valence-electron chi connectivity index (χ1n) is 7.23. The zero-order valence-corrected chi connectivity index (χ0v) is 13.5. The lowest BCUT2D eigenvalue weighted by Crippen LogP contribution is -1.89. The Labute approximate surface area is 131 Å². The largest absolute Gasteiger partial charge is 0.161 e. The zero-order chi connectivity index (χ0) is 13.9. The Bertz CT molecular complexity index is 458. The molecule has 0 bridgehead atoms. The van der Waals surface area contributed by atoms with E-state index >= 15 is 0 Å². The quantitative estimate of drug-likeness (QED) is 0.465. The van der Waals surface area contributed by atoms with Gasteiger partial charge < -0.3 is 0 Å². The summed E-state index contributed by atoms with van der Waals surface area (Å²) in [5.41, 5.74) is 1.50. The SMILES string of the molecule is C1=C/CC\C=C(CCSCCSc2ccccc2)/C=C\1. The summed E-state index contributed by atoms with van der Waals surface area (Å²) < 4.78 is 0. The Kier molecular flexibility index (Phi) is 7.73. The summed E-state index contributed by atoms with van der Waals surface area (Å²) in [7, 11) is 0. The van der Waals surface area contributed by atoms with Gasteiger partial charge in [0.25, 0.3) is 0 Å². The molecule has 0 atom stereocenters. The summed E-state index contributed by atoms with van der Waals surface area (Å²) in [6, 6.07) is 10.7. The Morgan fingerprint density at radius 2 is 1.80 bits per heavy atom. The molecule has 0 fully saturated rings. The third-order valence-corrected chi connectivity index (χ3v) is 5.33. The fourth-order valence-electron chi connectivity index (χ4n) is 2.00. The molecule has 0 heterocycles. The first-order valence-corrected chi connectivity index (χ1v) is 9.37. The third-order valence-electron chi connectivity index (χ3n) is 3.07. The summed E-state index contributed by atoms with van der Waals surface area (Å²) in [5, 5.41) is 0. The summed E-state index contributed by atoms with van der Waals surface area (Å²) >= 11 is 4.02. The molecule has 0 nitrogen and oxygen atoms in total. The highest BCUT2D eigenvalue weighted by molar-refractivity contribution is 8.02. The van der Waals surface area contributed by atoms with Crippen LogP contribution >= 0.6 is 23.5 Å². The maximum Gasteiger partial charge on any atom is 0.00722 e. The summed E-state index contributed by atoms with van der Waals surface area (Å²) in [5.74, 6) is 3.66. The van der Waals surface area contributed by atoms with Crippen LogP contribution in [-0.2, 0) is 0 Å². The van der Waals surface area contributed by atoms with Gasteiger partial charge >= 0.3 is 0 Å². The van der Waals surface area contributed by atoms with Gasteiger partial charge in [-0.25, -0.2) is 0 Å². The van der Waals surface area contributed by atoms with E-state index in [0.717, 1.165) is 0 Å². The van der Waals surface area contributed by atoms with Crippen LogP contribution in [0, 0.1) is 0 Å². The topological polar surface area (TPSA) is 0 Å². The van der Waals surface area contributed by atoms with Crippen molar-refractivity contribution in [2.24, 2.45) is 0 Å². The van der Waals surface area contributed by atoms with Crippen LogP contribution < -0.4 is 0 Å². The zero-order valence-electron chi connectivity index (χ0n) is 11.8. The van der Waals surface area contributed by atoms with E-state index in [1.54, 1.807) is 0 Å². The fraction of sp³-hybridized carbons (Fsp3) is 0.333.